The molecule has 1 aliphatic rings. The first-order valence-electron chi connectivity index (χ1n) is 6.20. The molecule has 0 aromatic rings. The fraction of sp³-hybridized carbons (Fsp3) is 0.833. The van der Waals surface area contributed by atoms with Crippen LogP contribution < -0.4 is 5.43 Å². The van der Waals surface area contributed by atoms with Crippen molar-refractivity contribution in [2.24, 2.45) is 0 Å². The molecule has 1 atom stereocenters. The third-order valence-electron chi connectivity index (χ3n) is 2.99. The molecule has 0 aliphatic carbocycles. The molecular weight excluding hydrogens is 218 g/mol. The zero-order valence-electron chi connectivity index (χ0n) is 11.4. The van der Waals surface area contributed by atoms with E-state index in [0.717, 1.165) is 0 Å². The van der Waals surface area contributed by atoms with Gasteiger partial charge in [-0.05, 0) is 34.6 Å². The first kappa shape index (κ1) is 14.0. The average Bonchev–Trinajstić information content (AvgIpc) is 2.43. The Balaban J connectivity index is 2.61. The van der Waals surface area contributed by atoms with E-state index in [4.69, 9.17) is 0 Å². The van der Waals surface area contributed by atoms with Crippen molar-refractivity contribution < 1.29 is 9.59 Å². The van der Waals surface area contributed by atoms with Gasteiger partial charge in [0, 0.05) is 24.5 Å². The van der Waals surface area contributed by atoms with E-state index >= 15 is 0 Å². The lowest BCUT2D eigenvalue weighted by Crippen LogP contribution is -2.50. The molecule has 0 aromatic carbocycles. The predicted molar refractivity (Wildman–Crippen MR) is 66.0 cm³/mol. The van der Waals surface area contributed by atoms with Gasteiger partial charge in [0.15, 0.2) is 0 Å². The molecule has 1 rings (SSSR count). The summed E-state index contributed by atoms with van der Waals surface area (Å²) in [5.74, 6) is 0.0509. The van der Waals surface area contributed by atoms with E-state index in [-0.39, 0.29) is 36.5 Å². The molecule has 0 bridgehead atoms. The molecule has 2 amide bonds. The van der Waals surface area contributed by atoms with Crippen molar-refractivity contribution in [3.63, 3.8) is 0 Å². The molecule has 0 aromatic heterocycles. The number of nitrogens with one attached hydrogen (secondary N) is 1. The Morgan fingerprint density at radius 2 is 1.94 bits per heavy atom. The highest BCUT2D eigenvalue weighted by atomic mass is 16.2. The van der Waals surface area contributed by atoms with Crippen LogP contribution in [0.2, 0.25) is 0 Å². The van der Waals surface area contributed by atoms with Crippen LogP contribution in [0.4, 0.5) is 0 Å². The van der Waals surface area contributed by atoms with Gasteiger partial charge in [0.25, 0.3) is 0 Å². The standard InChI is InChI=1S/C12H23N3O2/c1-8(2)15(9(3)4)12(17)7-14-10(5)6-11(16)13-14/h8-10H,6-7H2,1-5H3,(H,13,16)/t10-/m1/s1. The zero-order valence-corrected chi connectivity index (χ0v) is 11.4. The minimum atomic E-state index is -0.00839. The van der Waals surface area contributed by atoms with Gasteiger partial charge in [0.2, 0.25) is 11.8 Å². The monoisotopic (exact) mass is 241 g/mol. The number of hydrogen-bond acceptors (Lipinski definition) is 3. The highest BCUT2D eigenvalue weighted by molar-refractivity contribution is 5.82. The third kappa shape index (κ3) is 3.43. The molecule has 0 spiro atoms. The Morgan fingerprint density at radius 1 is 1.41 bits per heavy atom. The topological polar surface area (TPSA) is 52.7 Å². The van der Waals surface area contributed by atoms with Crippen molar-refractivity contribution in [2.75, 3.05) is 6.54 Å². The van der Waals surface area contributed by atoms with Crippen molar-refractivity contribution in [1.82, 2.24) is 15.3 Å². The summed E-state index contributed by atoms with van der Waals surface area (Å²) in [6.45, 7) is 10.2. The number of nitrogens with zero attached hydrogens (tertiary/aromatic N) is 2. The number of carbonyl (C=O) groups excluding carboxylic acids is 2. The van der Waals surface area contributed by atoms with E-state index < -0.39 is 0 Å². The Morgan fingerprint density at radius 3 is 2.29 bits per heavy atom. The van der Waals surface area contributed by atoms with Crippen LogP contribution in [-0.2, 0) is 9.59 Å². The van der Waals surface area contributed by atoms with Gasteiger partial charge in [-0.15, -0.1) is 0 Å². The van der Waals surface area contributed by atoms with Gasteiger partial charge in [0.1, 0.15) is 0 Å². The van der Waals surface area contributed by atoms with Gasteiger partial charge in [-0.1, -0.05) is 0 Å². The zero-order chi connectivity index (χ0) is 13.2. The largest absolute Gasteiger partial charge is 0.337 e. The maximum atomic E-state index is 12.2. The Hall–Kier alpha value is -1.10. The molecule has 1 saturated heterocycles. The number of amides is 2. The van der Waals surface area contributed by atoms with Crippen molar-refractivity contribution in [1.29, 1.82) is 0 Å². The second-order valence-corrected chi connectivity index (χ2v) is 5.20. The molecule has 5 nitrogen and oxygen atoms in total. The van der Waals surface area contributed by atoms with Gasteiger partial charge in [0.05, 0.1) is 6.54 Å². The second-order valence-electron chi connectivity index (χ2n) is 5.20. The lowest BCUT2D eigenvalue weighted by Gasteiger charge is -2.32. The summed E-state index contributed by atoms with van der Waals surface area (Å²) >= 11 is 0. The van der Waals surface area contributed by atoms with Crippen LogP contribution in [0.3, 0.4) is 0 Å². The van der Waals surface area contributed by atoms with Crippen LogP contribution >= 0.6 is 0 Å². The molecular formula is C12H23N3O2. The Kier molecular flexibility index (Phi) is 4.51. The maximum absolute atomic E-state index is 12.2. The Bertz CT molecular complexity index is 294. The van der Waals surface area contributed by atoms with Crippen LogP contribution in [0.25, 0.3) is 0 Å². The smallest absolute Gasteiger partial charge is 0.239 e. The summed E-state index contributed by atoms with van der Waals surface area (Å²) in [6.07, 6.45) is 0.469. The van der Waals surface area contributed by atoms with E-state index in [1.807, 2.05) is 39.5 Å². The first-order chi connectivity index (χ1) is 7.82. The van der Waals surface area contributed by atoms with E-state index in [9.17, 15) is 9.59 Å². The van der Waals surface area contributed by atoms with Gasteiger partial charge in [-0.2, -0.15) is 0 Å². The lowest BCUT2D eigenvalue weighted by molar-refractivity contribution is -0.137. The maximum Gasteiger partial charge on any atom is 0.239 e. The molecule has 1 N–H and O–H groups in total. The number of carbonyl (C=O) groups is 2. The molecule has 0 saturated carbocycles. The molecule has 98 valence electrons. The fourth-order valence-electron chi connectivity index (χ4n) is 2.29. The normalized spacial score (nSPS) is 21.1. The van der Waals surface area contributed by atoms with Crippen molar-refractivity contribution in [3.8, 4) is 0 Å². The minimum absolute atomic E-state index is 0.00839. The molecule has 1 aliphatic heterocycles. The first-order valence-corrected chi connectivity index (χ1v) is 6.20. The van der Waals surface area contributed by atoms with E-state index in [1.165, 1.54) is 0 Å². The molecule has 1 fully saturated rings. The number of hydrogen-bond donors (Lipinski definition) is 1. The van der Waals surface area contributed by atoms with Crippen LogP contribution in [0.5, 0.6) is 0 Å². The highest BCUT2D eigenvalue weighted by Gasteiger charge is 2.30. The van der Waals surface area contributed by atoms with E-state index in [0.29, 0.717) is 6.42 Å². The molecule has 5 heteroatoms. The third-order valence-corrected chi connectivity index (χ3v) is 2.99. The van der Waals surface area contributed by atoms with Crippen molar-refractivity contribution >= 4 is 11.8 Å². The highest BCUT2D eigenvalue weighted by Crippen LogP contribution is 2.11. The Labute approximate surface area is 103 Å². The fourth-order valence-corrected chi connectivity index (χ4v) is 2.29. The van der Waals surface area contributed by atoms with Crippen LogP contribution in [0.1, 0.15) is 41.0 Å². The van der Waals surface area contributed by atoms with Crippen LogP contribution in [-0.4, -0.2) is 46.4 Å². The average molecular weight is 241 g/mol. The summed E-state index contributed by atoms with van der Waals surface area (Å²) in [7, 11) is 0. The van der Waals surface area contributed by atoms with E-state index in [2.05, 4.69) is 5.43 Å². The summed E-state index contributed by atoms with van der Waals surface area (Å²) < 4.78 is 0. The van der Waals surface area contributed by atoms with Gasteiger partial charge >= 0.3 is 0 Å². The predicted octanol–water partition coefficient (Wildman–Crippen LogP) is 0.757. The van der Waals surface area contributed by atoms with Gasteiger partial charge in [-0.25, -0.2) is 5.01 Å². The second kappa shape index (κ2) is 5.49. The quantitative estimate of drug-likeness (QED) is 0.790. The van der Waals surface area contributed by atoms with E-state index in [1.54, 1.807) is 5.01 Å². The molecule has 1 heterocycles. The van der Waals surface area contributed by atoms with Crippen molar-refractivity contribution in [2.45, 2.75) is 59.2 Å². The molecule has 0 radical (unpaired) electrons. The minimum Gasteiger partial charge on any atom is -0.337 e. The number of rotatable bonds is 4. The summed E-state index contributed by atoms with van der Waals surface area (Å²) in [5.41, 5.74) is 2.71. The van der Waals surface area contributed by atoms with Gasteiger partial charge < -0.3 is 4.90 Å². The van der Waals surface area contributed by atoms with Crippen molar-refractivity contribution in [3.05, 3.63) is 0 Å². The van der Waals surface area contributed by atoms with Crippen LogP contribution in [0, 0.1) is 0 Å². The summed E-state index contributed by atoms with van der Waals surface area (Å²) in [4.78, 5) is 25.2. The number of hydrazine groups is 1. The van der Waals surface area contributed by atoms with Gasteiger partial charge in [-0.3, -0.25) is 15.0 Å². The summed E-state index contributed by atoms with van der Waals surface area (Å²) in [5, 5.41) is 1.72. The molecule has 17 heavy (non-hydrogen) atoms. The molecule has 0 unspecified atom stereocenters. The summed E-state index contributed by atoms with van der Waals surface area (Å²) in [6, 6.07) is 0.444. The lowest BCUT2D eigenvalue weighted by atomic mass is 10.2. The SMILES string of the molecule is CC(C)N(C(=O)CN1NC(=O)C[C@H]1C)C(C)C. The van der Waals surface area contributed by atoms with Crippen LogP contribution in [0.15, 0.2) is 0 Å².